The SMILES string of the molecule is COc1ccc(SCCNN)cc1. The van der Waals surface area contributed by atoms with Crippen LogP contribution in [0.25, 0.3) is 0 Å². The summed E-state index contributed by atoms with van der Waals surface area (Å²) < 4.78 is 5.05. The molecule has 0 bridgehead atoms. The molecule has 0 radical (unpaired) electrons. The van der Waals surface area contributed by atoms with Crippen LogP contribution in [0.15, 0.2) is 29.2 Å². The van der Waals surface area contributed by atoms with Crippen LogP contribution in [0.3, 0.4) is 0 Å². The van der Waals surface area contributed by atoms with Crippen LogP contribution in [0.5, 0.6) is 5.75 Å². The van der Waals surface area contributed by atoms with Crippen molar-refractivity contribution in [2.24, 2.45) is 5.84 Å². The summed E-state index contributed by atoms with van der Waals surface area (Å²) in [6.45, 7) is 0.816. The van der Waals surface area contributed by atoms with Crippen LogP contribution in [0.1, 0.15) is 0 Å². The highest BCUT2D eigenvalue weighted by Crippen LogP contribution is 2.20. The summed E-state index contributed by atoms with van der Waals surface area (Å²) in [5.41, 5.74) is 2.61. The largest absolute Gasteiger partial charge is 0.497 e. The van der Waals surface area contributed by atoms with Gasteiger partial charge in [-0.15, -0.1) is 11.8 Å². The molecule has 4 heteroatoms. The van der Waals surface area contributed by atoms with Crippen LogP contribution in [0, 0.1) is 0 Å². The first-order valence-corrected chi connectivity index (χ1v) is 5.05. The van der Waals surface area contributed by atoms with Crippen LogP contribution >= 0.6 is 11.8 Å². The van der Waals surface area contributed by atoms with Crippen LogP contribution in [-0.2, 0) is 0 Å². The van der Waals surface area contributed by atoms with E-state index in [9.17, 15) is 0 Å². The molecular weight excluding hydrogens is 184 g/mol. The number of hydrogen-bond acceptors (Lipinski definition) is 4. The van der Waals surface area contributed by atoms with E-state index in [0.29, 0.717) is 0 Å². The Morgan fingerprint density at radius 3 is 2.62 bits per heavy atom. The van der Waals surface area contributed by atoms with Crippen LogP contribution < -0.4 is 16.0 Å². The highest BCUT2D eigenvalue weighted by molar-refractivity contribution is 7.99. The maximum absolute atomic E-state index is 5.15. The molecule has 0 amide bonds. The summed E-state index contributed by atoms with van der Waals surface area (Å²) in [6, 6.07) is 8.00. The molecule has 3 N–H and O–H groups in total. The topological polar surface area (TPSA) is 47.3 Å². The zero-order chi connectivity index (χ0) is 9.52. The Balaban J connectivity index is 2.40. The molecule has 0 atom stereocenters. The van der Waals surface area contributed by atoms with Gasteiger partial charge in [0.1, 0.15) is 5.75 Å². The molecular formula is C9H14N2OS. The molecule has 0 saturated carbocycles. The van der Waals surface area contributed by atoms with E-state index in [4.69, 9.17) is 10.6 Å². The third kappa shape index (κ3) is 3.67. The van der Waals surface area contributed by atoms with E-state index in [0.717, 1.165) is 18.0 Å². The Kier molecular flexibility index (Phi) is 4.67. The van der Waals surface area contributed by atoms with Gasteiger partial charge in [0, 0.05) is 17.2 Å². The maximum atomic E-state index is 5.15. The Morgan fingerprint density at radius 1 is 1.38 bits per heavy atom. The van der Waals surface area contributed by atoms with Gasteiger partial charge in [0.25, 0.3) is 0 Å². The van der Waals surface area contributed by atoms with Gasteiger partial charge in [-0.2, -0.15) is 0 Å². The fourth-order valence-corrected chi connectivity index (χ4v) is 1.68. The van der Waals surface area contributed by atoms with Gasteiger partial charge in [0.05, 0.1) is 7.11 Å². The van der Waals surface area contributed by atoms with E-state index in [-0.39, 0.29) is 0 Å². The molecule has 0 spiro atoms. The summed E-state index contributed by atoms with van der Waals surface area (Å²) in [4.78, 5) is 1.23. The predicted octanol–water partition coefficient (Wildman–Crippen LogP) is 1.25. The average Bonchev–Trinajstić information content (AvgIpc) is 2.19. The molecule has 0 aromatic heterocycles. The summed E-state index contributed by atoms with van der Waals surface area (Å²) >= 11 is 1.77. The van der Waals surface area contributed by atoms with Crippen LogP contribution in [-0.4, -0.2) is 19.4 Å². The molecule has 1 rings (SSSR count). The number of benzene rings is 1. The molecule has 0 aliphatic heterocycles. The first-order chi connectivity index (χ1) is 6.36. The number of ether oxygens (including phenoxy) is 1. The van der Waals surface area contributed by atoms with Crippen molar-refractivity contribution in [3.05, 3.63) is 24.3 Å². The lowest BCUT2D eigenvalue weighted by molar-refractivity contribution is 0.414. The van der Waals surface area contributed by atoms with E-state index in [2.05, 4.69) is 5.43 Å². The van der Waals surface area contributed by atoms with Gasteiger partial charge in [0.2, 0.25) is 0 Å². The highest BCUT2D eigenvalue weighted by atomic mass is 32.2. The van der Waals surface area contributed by atoms with E-state index in [1.54, 1.807) is 18.9 Å². The average molecular weight is 198 g/mol. The molecule has 0 aliphatic carbocycles. The number of hydrazine groups is 1. The fourth-order valence-electron chi connectivity index (χ4n) is 0.900. The standard InChI is InChI=1S/C9H14N2OS/c1-12-8-2-4-9(5-3-8)13-7-6-11-10/h2-5,11H,6-7,10H2,1H3. The lowest BCUT2D eigenvalue weighted by atomic mass is 10.3. The molecule has 0 aliphatic rings. The Bertz CT molecular complexity index is 238. The number of nitrogens with two attached hydrogens (primary N) is 1. The van der Waals surface area contributed by atoms with Crippen molar-refractivity contribution >= 4 is 11.8 Å². The molecule has 1 aromatic carbocycles. The molecule has 0 unspecified atom stereocenters. The minimum Gasteiger partial charge on any atom is -0.497 e. The lowest BCUT2D eigenvalue weighted by Gasteiger charge is -2.02. The first-order valence-electron chi connectivity index (χ1n) is 4.07. The quantitative estimate of drug-likeness (QED) is 0.323. The second-order valence-electron chi connectivity index (χ2n) is 2.48. The minimum absolute atomic E-state index is 0.816. The molecule has 13 heavy (non-hydrogen) atoms. The Morgan fingerprint density at radius 2 is 2.08 bits per heavy atom. The molecule has 0 saturated heterocycles. The molecule has 0 heterocycles. The summed E-state index contributed by atoms with van der Waals surface area (Å²) in [6.07, 6.45) is 0. The number of hydrogen-bond donors (Lipinski definition) is 2. The minimum atomic E-state index is 0.816. The Hall–Kier alpha value is -0.710. The Labute approximate surface area is 82.6 Å². The highest BCUT2D eigenvalue weighted by Gasteiger charge is 1.94. The van der Waals surface area contributed by atoms with Crippen molar-refractivity contribution in [3.63, 3.8) is 0 Å². The van der Waals surface area contributed by atoms with Gasteiger partial charge >= 0.3 is 0 Å². The van der Waals surface area contributed by atoms with E-state index in [1.807, 2.05) is 24.3 Å². The first kappa shape index (κ1) is 10.4. The number of nitrogens with one attached hydrogen (secondary N) is 1. The molecule has 72 valence electrons. The smallest absolute Gasteiger partial charge is 0.118 e. The fraction of sp³-hybridized carbons (Fsp3) is 0.333. The van der Waals surface area contributed by atoms with E-state index < -0.39 is 0 Å². The van der Waals surface area contributed by atoms with Gasteiger partial charge < -0.3 is 4.74 Å². The summed E-state index contributed by atoms with van der Waals surface area (Å²) in [5.74, 6) is 7.02. The number of methoxy groups -OCH3 is 1. The molecule has 3 nitrogen and oxygen atoms in total. The zero-order valence-corrected chi connectivity index (χ0v) is 8.43. The normalized spacial score (nSPS) is 10.0. The van der Waals surface area contributed by atoms with Crippen molar-refractivity contribution in [1.29, 1.82) is 0 Å². The van der Waals surface area contributed by atoms with E-state index in [1.165, 1.54) is 4.90 Å². The van der Waals surface area contributed by atoms with Crippen molar-refractivity contribution in [2.75, 3.05) is 19.4 Å². The van der Waals surface area contributed by atoms with Crippen LogP contribution in [0.4, 0.5) is 0 Å². The van der Waals surface area contributed by atoms with Gasteiger partial charge in [-0.1, -0.05) is 0 Å². The second kappa shape index (κ2) is 5.85. The predicted molar refractivity (Wildman–Crippen MR) is 55.9 cm³/mol. The van der Waals surface area contributed by atoms with Gasteiger partial charge in [0.15, 0.2) is 0 Å². The van der Waals surface area contributed by atoms with Gasteiger partial charge in [-0.05, 0) is 24.3 Å². The summed E-state index contributed by atoms with van der Waals surface area (Å²) in [5, 5.41) is 0. The van der Waals surface area contributed by atoms with Crippen molar-refractivity contribution < 1.29 is 4.74 Å². The summed E-state index contributed by atoms with van der Waals surface area (Å²) in [7, 11) is 1.67. The van der Waals surface area contributed by atoms with Crippen LogP contribution in [0.2, 0.25) is 0 Å². The lowest BCUT2D eigenvalue weighted by Crippen LogP contribution is -2.24. The van der Waals surface area contributed by atoms with Crippen molar-refractivity contribution in [1.82, 2.24) is 5.43 Å². The number of rotatable bonds is 5. The maximum Gasteiger partial charge on any atom is 0.118 e. The third-order valence-corrected chi connectivity index (χ3v) is 2.59. The number of thioether (sulfide) groups is 1. The van der Waals surface area contributed by atoms with E-state index >= 15 is 0 Å². The third-order valence-electron chi connectivity index (χ3n) is 1.57. The van der Waals surface area contributed by atoms with Crippen molar-refractivity contribution in [2.45, 2.75) is 4.90 Å². The second-order valence-corrected chi connectivity index (χ2v) is 3.65. The molecule has 0 fully saturated rings. The molecule has 1 aromatic rings. The zero-order valence-electron chi connectivity index (χ0n) is 7.62. The monoisotopic (exact) mass is 198 g/mol. The van der Waals surface area contributed by atoms with Crippen molar-refractivity contribution in [3.8, 4) is 5.75 Å². The van der Waals surface area contributed by atoms with Gasteiger partial charge in [-0.3, -0.25) is 11.3 Å². The van der Waals surface area contributed by atoms with Gasteiger partial charge in [-0.25, -0.2) is 0 Å².